The molecule has 0 unspecified atom stereocenters. The number of halogens is 1. The van der Waals surface area contributed by atoms with Gasteiger partial charge in [-0.05, 0) is 41.1 Å². The molecular weight excluding hydrogens is 280 g/mol. The smallest absolute Gasteiger partial charge is 0.178 e. The van der Waals surface area contributed by atoms with E-state index in [-0.39, 0.29) is 0 Å². The fourth-order valence-electron chi connectivity index (χ4n) is 1.67. The second-order valence-electron chi connectivity index (χ2n) is 3.77. The number of hydrogen-bond acceptors (Lipinski definition) is 3. The summed E-state index contributed by atoms with van der Waals surface area (Å²) < 4.78 is 0.928. The van der Waals surface area contributed by atoms with E-state index in [4.69, 9.17) is 0 Å². The minimum atomic E-state index is 0.700. The van der Waals surface area contributed by atoms with E-state index in [1.165, 1.54) is 0 Å². The van der Waals surface area contributed by atoms with Crippen molar-refractivity contribution in [3.63, 3.8) is 0 Å². The Hall–Kier alpha value is -1.75. The van der Waals surface area contributed by atoms with Gasteiger partial charge in [0, 0.05) is 16.4 Å². The van der Waals surface area contributed by atoms with Crippen LogP contribution in [0.3, 0.4) is 0 Å². The van der Waals surface area contributed by atoms with E-state index in [1.54, 1.807) is 6.20 Å². The van der Waals surface area contributed by atoms with Crippen LogP contribution in [0.1, 0.15) is 5.69 Å². The molecule has 1 N–H and O–H groups in total. The Morgan fingerprint density at radius 3 is 2.94 bits per heavy atom. The Balaban J connectivity index is 2.18. The van der Waals surface area contributed by atoms with Gasteiger partial charge in [0.05, 0.1) is 5.52 Å². The monoisotopic (exact) mass is 288 g/mol. The molecule has 0 atom stereocenters. The topological polar surface area (TPSA) is 54.5 Å². The van der Waals surface area contributed by atoms with Crippen molar-refractivity contribution in [2.45, 2.75) is 6.92 Å². The molecule has 0 amide bonds. The van der Waals surface area contributed by atoms with Crippen molar-refractivity contribution in [3.8, 4) is 11.5 Å². The number of imidazole rings is 1. The molecule has 0 radical (unpaired) electrons. The molecular formula is C12H9BrN4. The summed E-state index contributed by atoms with van der Waals surface area (Å²) in [5.74, 6) is 0.745. The van der Waals surface area contributed by atoms with E-state index in [2.05, 4.69) is 35.9 Å². The van der Waals surface area contributed by atoms with Crippen molar-refractivity contribution in [1.82, 2.24) is 19.9 Å². The Morgan fingerprint density at radius 1 is 1.24 bits per heavy atom. The van der Waals surface area contributed by atoms with Crippen molar-refractivity contribution < 1.29 is 0 Å². The molecule has 0 saturated heterocycles. The minimum absolute atomic E-state index is 0.700. The molecule has 3 heterocycles. The van der Waals surface area contributed by atoms with Gasteiger partial charge >= 0.3 is 0 Å². The summed E-state index contributed by atoms with van der Waals surface area (Å²) in [6.07, 6.45) is 1.73. The zero-order valence-electron chi connectivity index (χ0n) is 9.11. The lowest BCUT2D eigenvalue weighted by molar-refractivity contribution is 1.16. The standard InChI is InChI=1S/C12H9BrN4/c1-7-3-2-4-9(15-7)12-16-10-5-8(13)6-14-11(10)17-12/h2-6H,1H3,(H,14,16,17). The van der Waals surface area contributed by atoms with E-state index in [1.807, 2.05) is 31.2 Å². The van der Waals surface area contributed by atoms with Crippen LogP contribution in [-0.2, 0) is 0 Å². The lowest BCUT2D eigenvalue weighted by Crippen LogP contribution is -1.87. The number of nitrogens with zero attached hydrogens (tertiary/aromatic N) is 3. The van der Waals surface area contributed by atoms with Crippen LogP contribution in [0.2, 0.25) is 0 Å². The van der Waals surface area contributed by atoms with Crippen molar-refractivity contribution in [2.24, 2.45) is 0 Å². The van der Waals surface area contributed by atoms with Crippen LogP contribution in [0, 0.1) is 6.92 Å². The molecule has 0 aliphatic heterocycles. The van der Waals surface area contributed by atoms with Crippen LogP contribution in [0.4, 0.5) is 0 Å². The molecule has 17 heavy (non-hydrogen) atoms. The van der Waals surface area contributed by atoms with Gasteiger partial charge in [0.15, 0.2) is 11.5 Å². The fraction of sp³-hybridized carbons (Fsp3) is 0.0833. The first-order valence-electron chi connectivity index (χ1n) is 5.18. The number of hydrogen-bond donors (Lipinski definition) is 1. The van der Waals surface area contributed by atoms with Crippen LogP contribution in [-0.4, -0.2) is 19.9 Å². The summed E-state index contributed by atoms with van der Waals surface area (Å²) in [5.41, 5.74) is 3.40. The molecule has 0 aromatic carbocycles. The normalized spacial score (nSPS) is 10.9. The number of rotatable bonds is 1. The average Bonchev–Trinajstić information content (AvgIpc) is 2.72. The van der Waals surface area contributed by atoms with Crippen LogP contribution in [0.5, 0.6) is 0 Å². The molecule has 3 aromatic heterocycles. The van der Waals surface area contributed by atoms with Crippen molar-refractivity contribution >= 4 is 27.1 Å². The maximum atomic E-state index is 4.43. The number of aromatic amines is 1. The molecule has 5 heteroatoms. The van der Waals surface area contributed by atoms with Crippen LogP contribution in [0.25, 0.3) is 22.7 Å². The molecule has 0 fully saturated rings. The van der Waals surface area contributed by atoms with Gasteiger partial charge in [-0.25, -0.2) is 15.0 Å². The number of H-pyrrole nitrogens is 1. The van der Waals surface area contributed by atoms with Gasteiger partial charge in [-0.2, -0.15) is 0 Å². The van der Waals surface area contributed by atoms with Crippen LogP contribution < -0.4 is 0 Å². The van der Waals surface area contributed by atoms with Crippen molar-refractivity contribution in [2.75, 3.05) is 0 Å². The highest BCUT2D eigenvalue weighted by molar-refractivity contribution is 9.10. The first kappa shape index (κ1) is 10.4. The Morgan fingerprint density at radius 2 is 2.12 bits per heavy atom. The number of fused-ring (bicyclic) bond motifs is 1. The van der Waals surface area contributed by atoms with E-state index in [9.17, 15) is 0 Å². The molecule has 0 bridgehead atoms. The number of aromatic nitrogens is 4. The minimum Gasteiger partial charge on any atom is -0.335 e. The van der Waals surface area contributed by atoms with Gasteiger partial charge in [0.1, 0.15) is 5.69 Å². The fourth-order valence-corrected chi connectivity index (χ4v) is 2.00. The summed E-state index contributed by atoms with van der Waals surface area (Å²) in [5, 5.41) is 0. The SMILES string of the molecule is Cc1cccc(-c2nc3ncc(Br)cc3[nH]2)n1. The van der Waals surface area contributed by atoms with Gasteiger partial charge in [0.25, 0.3) is 0 Å². The average molecular weight is 289 g/mol. The summed E-state index contributed by atoms with van der Waals surface area (Å²) in [6, 6.07) is 7.81. The molecule has 3 rings (SSSR count). The second-order valence-corrected chi connectivity index (χ2v) is 4.69. The van der Waals surface area contributed by atoms with E-state index >= 15 is 0 Å². The zero-order chi connectivity index (χ0) is 11.8. The van der Waals surface area contributed by atoms with Crippen molar-refractivity contribution in [3.05, 3.63) is 40.6 Å². The highest BCUT2D eigenvalue weighted by atomic mass is 79.9. The maximum absolute atomic E-state index is 4.43. The lowest BCUT2D eigenvalue weighted by atomic mass is 10.3. The molecule has 4 nitrogen and oxygen atoms in total. The number of nitrogens with one attached hydrogen (secondary N) is 1. The van der Waals surface area contributed by atoms with Gasteiger partial charge in [-0.15, -0.1) is 0 Å². The predicted molar refractivity (Wildman–Crippen MR) is 69.6 cm³/mol. The predicted octanol–water partition coefficient (Wildman–Crippen LogP) is 3.09. The zero-order valence-corrected chi connectivity index (χ0v) is 10.7. The first-order chi connectivity index (χ1) is 8.22. The molecule has 3 aromatic rings. The second kappa shape index (κ2) is 3.92. The Bertz CT molecular complexity index is 690. The molecule has 0 saturated carbocycles. The molecule has 84 valence electrons. The third-order valence-corrected chi connectivity index (χ3v) is 2.87. The number of pyridine rings is 2. The molecule has 0 aliphatic rings. The van der Waals surface area contributed by atoms with Crippen LogP contribution >= 0.6 is 15.9 Å². The lowest BCUT2D eigenvalue weighted by Gasteiger charge is -1.96. The summed E-state index contributed by atoms with van der Waals surface area (Å²) >= 11 is 3.38. The summed E-state index contributed by atoms with van der Waals surface area (Å²) in [7, 11) is 0. The first-order valence-corrected chi connectivity index (χ1v) is 5.97. The maximum Gasteiger partial charge on any atom is 0.178 e. The van der Waals surface area contributed by atoms with Crippen molar-refractivity contribution in [1.29, 1.82) is 0 Å². The quantitative estimate of drug-likeness (QED) is 0.749. The number of aryl methyl sites for hydroxylation is 1. The molecule has 0 aliphatic carbocycles. The van der Waals surface area contributed by atoms with Gasteiger partial charge in [-0.3, -0.25) is 0 Å². The van der Waals surface area contributed by atoms with E-state index < -0.39 is 0 Å². The Kier molecular flexibility index (Phi) is 2.40. The van der Waals surface area contributed by atoms with Gasteiger partial charge < -0.3 is 4.98 Å². The third kappa shape index (κ3) is 1.93. The van der Waals surface area contributed by atoms with E-state index in [0.29, 0.717) is 5.65 Å². The Labute approximate surface area is 106 Å². The van der Waals surface area contributed by atoms with Gasteiger partial charge in [-0.1, -0.05) is 6.07 Å². The largest absolute Gasteiger partial charge is 0.335 e. The highest BCUT2D eigenvalue weighted by Gasteiger charge is 2.07. The van der Waals surface area contributed by atoms with Gasteiger partial charge in [0.2, 0.25) is 0 Å². The summed E-state index contributed by atoms with van der Waals surface area (Å²) in [4.78, 5) is 16.3. The van der Waals surface area contributed by atoms with Crippen LogP contribution in [0.15, 0.2) is 34.9 Å². The van der Waals surface area contributed by atoms with E-state index in [0.717, 1.165) is 27.2 Å². The highest BCUT2D eigenvalue weighted by Crippen LogP contribution is 2.20. The summed E-state index contributed by atoms with van der Waals surface area (Å²) in [6.45, 7) is 1.96. The third-order valence-electron chi connectivity index (χ3n) is 2.44. The molecule has 0 spiro atoms.